The number of carbonyl (C=O) groups is 1. The molecule has 4 fully saturated rings. The van der Waals surface area contributed by atoms with E-state index < -0.39 is 34.2 Å². The monoisotopic (exact) mass is 478 g/mol. The number of rotatable bonds is 1. The van der Waals surface area contributed by atoms with E-state index in [9.17, 15) is 15.0 Å². The van der Waals surface area contributed by atoms with E-state index in [0.29, 0.717) is 43.4 Å². The molecule has 0 radical (unpaired) electrons. The Morgan fingerprint density at radius 3 is 2.52 bits per heavy atom. The van der Waals surface area contributed by atoms with Crippen LogP contribution >= 0.6 is 11.6 Å². The van der Waals surface area contributed by atoms with E-state index in [-0.39, 0.29) is 28.4 Å². The van der Waals surface area contributed by atoms with Crippen LogP contribution in [-0.4, -0.2) is 45.1 Å². The highest BCUT2D eigenvalue weighted by Crippen LogP contribution is 2.72. The van der Waals surface area contributed by atoms with Crippen LogP contribution in [0.2, 0.25) is 5.02 Å². The molecule has 3 saturated heterocycles. The van der Waals surface area contributed by atoms with Crippen LogP contribution in [0.5, 0.6) is 11.5 Å². The van der Waals surface area contributed by atoms with Crippen LogP contribution in [0, 0.1) is 11.3 Å². The number of halogens is 1. The van der Waals surface area contributed by atoms with Crippen molar-refractivity contribution in [2.45, 2.75) is 102 Å². The predicted molar refractivity (Wildman–Crippen MR) is 118 cm³/mol. The van der Waals surface area contributed by atoms with Crippen LogP contribution < -0.4 is 4.74 Å². The molecular formula is C25H31ClO7. The third-order valence-electron chi connectivity index (χ3n) is 9.43. The fourth-order valence-electron chi connectivity index (χ4n) is 7.33. The molecule has 2 N–H and O–H groups in total. The highest BCUT2D eigenvalue weighted by atomic mass is 35.5. The summed E-state index contributed by atoms with van der Waals surface area (Å²) in [4.78, 5) is 12.7. The summed E-state index contributed by atoms with van der Waals surface area (Å²) in [5, 5.41) is 22.7. The van der Waals surface area contributed by atoms with Crippen molar-refractivity contribution in [3.8, 4) is 11.5 Å². The Balaban J connectivity index is 1.62. The van der Waals surface area contributed by atoms with Gasteiger partial charge in [0.05, 0.1) is 5.41 Å². The maximum absolute atomic E-state index is 12.7. The summed E-state index contributed by atoms with van der Waals surface area (Å²) in [6, 6.07) is 0. The number of phenols is 1. The lowest BCUT2D eigenvalue weighted by atomic mass is 9.47. The normalized spacial score (nSPS) is 45.1. The molecule has 5 aliphatic heterocycles. The smallest absolute Gasteiger partial charge is 0.342 e. The highest BCUT2D eigenvalue weighted by molar-refractivity contribution is 6.34. The first kappa shape index (κ1) is 22.0. The quantitative estimate of drug-likeness (QED) is 0.582. The van der Waals surface area contributed by atoms with Gasteiger partial charge in [-0.3, -0.25) is 0 Å². The van der Waals surface area contributed by atoms with Gasteiger partial charge in [0.1, 0.15) is 33.6 Å². The van der Waals surface area contributed by atoms with Gasteiger partial charge in [0, 0.05) is 37.2 Å². The number of cyclic esters (lactones) is 1. The summed E-state index contributed by atoms with van der Waals surface area (Å²) in [5.74, 6) is -2.74. The number of aliphatic hydroxyl groups is 1. The zero-order valence-electron chi connectivity index (χ0n) is 19.7. The number of phenolic OH excluding ortho intramolecular Hbond substituents is 1. The summed E-state index contributed by atoms with van der Waals surface area (Å²) in [7, 11) is 0. The molecule has 1 saturated carbocycles. The van der Waals surface area contributed by atoms with Crippen molar-refractivity contribution in [2.24, 2.45) is 11.3 Å². The van der Waals surface area contributed by atoms with Gasteiger partial charge >= 0.3 is 5.97 Å². The summed E-state index contributed by atoms with van der Waals surface area (Å²) >= 11 is 6.60. The molecule has 7 nitrogen and oxygen atoms in total. The molecule has 8 heteroatoms. The Bertz CT molecular complexity index is 1100. The van der Waals surface area contributed by atoms with Gasteiger partial charge in [-0.1, -0.05) is 32.4 Å². The van der Waals surface area contributed by atoms with Gasteiger partial charge in [-0.15, -0.1) is 0 Å². The number of fused-ring (bicyclic) bond motifs is 4. The number of aromatic hydroxyl groups is 1. The van der Waals surface area contributed by atoms with E-state index in [1.165, 1.54) is 0 Å². The molecule has 1 spiro atoms. The first-order valence-corrected chi connectivity index (χ1v) is 12.3. The molecule has 4 bridgehead atoms. The largest absolute Gasteiger partial charge is 0.505 e. The average Bonchev–Trinajstić information content (AvgIpc) is 2.73. The lowest BCUT2D eigenvalue weighted by molar-refractivity contribution is -0.543. The Morgan fingerprint density at radius 2 is 1.82 bits per heavy atom. The van der Waals surface area contributed by atoms with Crippen molar-refractivity contribution in [1.29, 1.82) is 0 Å². The fraction of sp³-hybridized carbons (Fsp3) is 0.720. The second-order valence-electron chi connectivity index (χ2n) is 11.4. The third kappa shape index (κ3) is 2.30. The maximum atomic E-state index is 12.7. The minimum Gasteiger partial charge on any atom is -0.505 e. The van der Waals surface area contributed by atoms with E-state index >= 15 is 0 Å². The van der Waals surface area contributed by atoms with Crippen molar-refractivity contribution in [3.05, 3.63) is 21.7 Å². The molecular weight excluding hydrogens is 448 g/mol. The molecule has 7 rings (SSSR count). The number of carbonyl (C=O) groups excluding carboxylic acids is 1. The summed E-state index contributed by atoms with van der Waals surface area (Å²) in [6.07, 6.45) is 2.82. The van der Waals surface area contributed by atoms with Crippen molar-refractivity contribution in [1.82, 2.24) is 0 Å². The minimum absolute atomic E-state index is 0.0156. The SMILES string of the molecule is CC(C)[C@@]12CC[C@]3(C)[C@]4(Cc5c6c(c(O)c(Cl)c5O[C@]4(C)CC[C@]3(O)O1)C(=O)O[C@H](C)C6)O2. The van der Waals surface area contributed by atoms with Gasteiger partial charge in [0.2, 0.25) is 0 Å². The molecule has 0 unspecified atom stereocenters. The molecule has 1 aliphatic carbocycles. The second kappa shape index (κ2) is 6.17. The van der Waals surface area contributed by atoms with Gasteiger partial charge in [-0.05, 0) is 32.3 Å². The molecule has 0 aromatic heterocycles. The first-order valence-electron chi connectivity index (χ1n) is 11.9. The lowest BCUT2D eigenvalue weighted by Gasteiger charge is -2.75. The van der Waals surface area contributed by atoms with Crippen LogP contribution in [-0.2, 0) is 27.1 Å². The molecule has 6 aliphatic rings. The molecule has 33 heavy (non-hydrogen) atoms. The summed E-state index contributed by atoms with van der Waals surface area (Å²) in [6.45, 7) is 9.97. The van der Waals surface area contributed by atoms with E-state index in [4.69, 9.17) is 30.5 Å². The molecule has 6 atom stereocenters. The van der Waals surface area contributed by atoms with Crippen LogP contribution in [0.4, 0.5) is 0 Å². The van der Waals surface area contributed by atoms with Crippen LogP contribution in [0.25, 0.3) is 0 Å². The number of esters is 1. The number of ether oxygens (including phenoxy) is 4. The maximum Gasteiger partial charge on any atom is 0.342 e. The molecule has 180 valence electrons. The molecule has 1 aromatic rings. The lowest BCUT2D eigenvalue weighted by Crippen LogP contribution is -2.86. The highest BCUT2D eigenvalue weighted by Gasteiger charge is 2.81. The van der Waals surface area contributed by atoms with Crippen molar-refractivity contribution < 1.29 is 34.0 Å². The standard InChI is InChI=1S/C25H31ClO7/c1-12(2)23-8-6-21(4)24(32-23)11-15-14-10-13(3)30-20(28)16(14)18(27)17(26)19(15)31-22(24,5)7-9-25(21,29)33-23/h12-13,27,29H,6-11H2,1-5H3/t13-,21-,22-,23-,24+,25+/m1/s1. The average molecular weight is 479 g/mol. The van der Waals surface area contributed by atoms with Gasteiger partial charge in [-0.25, -0.2) is 4.79 Å². The van der Waals surface area contributed by atoms with E-state index in [2.05, 4.69) is 0 Å². The predicted octanol–water partition coefficient (Wildman–Crippen LogP) is 4.26. The first-order chi connectivity index (χ1) is 15.3. The Morgan fingerprint density at radius 1 is 1.09 bits per heavy atom. The van der Waals surface area contributed by atoms with E-state index in [1.807, 2.05) is 34.6 Å². The van der Waals surface area contributed by atoms with Crippen molar-refractivity contribution in [2.75, 3.05) is 0 Å². The fourth-order valence-corrected chi connectivity index (χ4v) is 7.58. The van der Waals surface area contributed by atoms with Gasteiger partial charge < -0.3 is 29.2 Å². The van der Waals surface area contributed by atoms with Crippen molar-refractivity contribution in [3.63, 3.8) is 0 Å². The molecule has 5 heterocycles. The van der Waals surface area contributed by atoms with Crippen LogP contribution in [0.1, 0.15) is 81.8 Å². The zero-order chi connectivity index (χ0) is 23.8. The molecule has 0 amide bonds. The van der Waals surface area contributed by atoms with Gasteiger partial charge in [-0.2, -0.15) is 0 Å². The van der Waals surface area contributed by atoms with Gasteiger partial charge in [0.15, 0.2) is 17.3 Å². The number of benzene rings is 1. The Labute approximate surface area is 198 Å². The van der Waals surface area contributed by atoms with E-state index in [0.717, 1.165) is 12.0 Å². The zero-order valence-corrected chi connectivity index (χ0v) is 20.5. The molecule has 1 aromatic carbocycles. The van der Waals surface area contributed by atoms with Crippen molar-refractivity contribution >= 4 is 17.6 Å². The Kier molecular flexibility index (Phi) is 4.11. The Hall–Kier alpha value is -1.54. The second-order valence-corrected chi connectivity index (χ2v) is 11.7. The number of hydrogen-bond donors (Lipinski definition) is 2. The summed E-state index contributed by atoms with van der Waals surface area (Å²) < 4.78 is 25.5. The van der Waals surface area contributed by atoms with Crippen LogP contribution in [0.15, 0.2) is 0 Å². The van der Waals surface area contributed by atoms with Crippen LogP contribution in [0.3, 0.4) is 0 Å². The topological polar surface area (TPSA) is 94.5 Å². The minimum atomic E-state index is -1.35. The number of hydrogen-bond acceptors (Lipinski definition) is 7. The van der Waals surface area contributed by atoms with Gasteiger partial charge in [0.25, 0.3) is 0 Å². The van der Waals surface area contributed by atoms with E-state index in [1.54, 1.807) is 0 Å². The summed E-state index contributed by atoms with van der Waals surface area (Å²) in [5.41, 5.74) is -0.901. The third-order valence-corrected chi connectivity index (χ3v) is 9.78.